The van der Waals surface area contributed by atoms with Crippen LogP contribution >= 0.6 is 23.2 Å². The summed E-state index contributed by atoms with van der Waals surface area (Å²) in [6, 6.07) is 9.79. The molecule has 0 spiro atoms. The lowest BCUT2D eigenvalue weighted by molar-refractivity contribution is -0.140. The first kappa shape index (κ1) is 19.8. The summed E-state index contributed by atoms with van der Waals surface area (Å²) in [5.74, 6) is -0.188. The second kappa shape index (κ2) is 9.29. The second-order valence-electron chi connectivity index (χ2n) is 6.68. The molecule has 7 heteroatoms. The third kappa shape index (κ3) is 5.05. The maximum absolute atomic E-state index is 13.2. The molecule has 3 rings (SSSR count). The molecule has 1 aliphatic carbocycles. The lowest BCUT2D eigenvalue weighted by Crippen LogP contribution is -2.46. The number of hydrogen-bond donors (Lipinski definition) is 1. The average molecular weight is 409 g/mol. The van der Waals surface area contributed by atoms with E-state index in [0.29, 0.717) is 16.3 Å². The number of alkyl halides is 1. The number of rotatable bonds is 7. The lowest BCUT2D eigenvalue weighted by Gasteiger charge is -2.31. The van der Waals surface area contributed by atoms with Crippen molar-refractivity contribution < 1.29 is 14.0 Å². The van der Waals surface area contributed by atoms with Crippen molar-refractivity contribution in [1.29, 1.82) is 0 Å². The first-order chi connectivity index (χ1) is 13.1. The summed E-state index contributed by atoms with van der Waals surface area (Å²) in [6.45, 7) is 0.157. The van der Waals surface area contributed by atoms with Crippen molar-refractivity contribution in [2.45, 2.75) is 44.3 Å². The fraction of sp³-hybridized carbons (Fsp3) is 0.400. The molecule has 5 nitrogen and oxygen atoms in total. The molecule has 1 aliphatic rings. The summed E-state index contributed by atoms with van der Waals surface area (Å²) >= 11 is 11.8. The number of nitrogens with zero attached hydrogens (tertiary/aromatic N) is 1. The molecule has 27 heavy (non-hydrogen) atoms. The maximum Gasteiger partial charge on any atom is 0.247 e. The molecule has 1 unspecified atom stereocenters. The Labute approximate surface area is 168 Å². The number of amides is 2. The largest absolute Gasteiger partial charge is 0.467 e. The number of nitrogens with one attached hydrogen (secondary N) is 1. The highest BCUT2D eigenvalue weighted by Gasteiger charge is 2.33. The van der Waals surface area contributed by atoms with Gasteiger partial charge < -0.3 is 14.6 Å². The van der Waals surface area contributed by atoms with E-state index in [1.807, 2.05) is 0 Å². The Morgan fingerprint density at radius 2 is 1.89 bits per heavy atom. The zero-order valence-electron chi connectivity index (χ0n) is 14.9. The van der Waals surface area contributed by atoms with Gasteiger partial charge in [0.2, 0.25) is 11.8 Å². The predicted octanol–water partition coefficient (Wildman–Crippen LogP) is 4.30. The quantitative estimate of drug-likeness (QED) is 0.694. The number of carbonyl (C=O) groups excluding carboxylic acids is 2. The lowest BCUT2D eigenvalue weighted by atomic mass is 10.0. The highest BCUT2D eigenvalue weighted by atomic mass is 35.5. The minimum absolute atomic E-state index is 0.142. The average Bonchev–Trinajstić information content (AvgIpc) is 3.36. The fourth-order valence-corrected chi connectivity index (χ4v) is 3.72. The minimum atomic E-state index is -0.806. The van der Waals surface area contributed by atoms with E-state index < -0.39 is 6.04 Å². The fourth-order valence-electron chi connectivity index (χ4n) is 3.44. The van der Waals surface area contributed by atoms with E-state index >= 15 is 0 Å². The zero-order chi connectivity index (χ0) is 19.2. The topological polar surface area (TPSA) is 62.6 Å². The van der Waals surface area contributed by atoms with Crippen LogP contribution in [-0.2, 0) is 16.1 Å². The van der Waals surface area contributed by atoms with Gasteiger partial charge in [-0.15, -0.1) is 11.6 Å². The zero-order valence-corrected chi connectivity index (χ0v) is 16.4. The Hall–Kier alpha value is -1.98. The molecule has 0 radical (unpaired) electrons. The predicted molar refractivity (Wildman–Crippen MR) is 105 cm³/mol. The molecule has 1 N–H and O–H groups in total. The van der Waals surface area contributed by atoms with Gasteiger partial charge in [-0.25, -0.2) is 0 Å². The standard InChI is InChI=1S/C20H22Cl2N2O3/c21-12-18(25)24(13-17-6-3-11-27-17)19(14-7-9-15(22)10-8-14)20(26)23-16-4-1-2-5-16/h3,6-11,16,19H,1-2,4-5,12-13H2,(H,23,26). The van der Waals surface area contributed by atoms with Crippen molar-refractivity contribution in [2.24, 2.45) is 0 Å². The molecule has 0 bridgehead atoms. The first-order valence-electron chi connectivity index (χ1n) is 9.02. The smallest absolute Gasteiger partial charge is 0.247 e. The van der Waals surface area contributed by atoms with Crippen molar-refractivity contribution in [2.75, 3.05) is 5.88 Å². The van der Waals surface area contributed by atoms with Crippen molar-refractivity contribution in [3.05, 3.63) is 59.0 Å². The van der Waals surface area contributed by atoms with E-state index in [2.05, 4.69) is 5.32 Å². The van der Waals surface area contributed by atoms with E-state index in [-0.39, 0.29) is 30.3 Å². The van der Waals surface area contributed by atoms with E-state index in [1.165, 1.54) is 11.2 Å². The van der Waals surface area contributed by atoms with Gasteiger partial charge in [-0.2, -0.15) is 0 Å². The van der Waals surface area contributed by atoms with Crippen LogP contribution in [-0.4, -0.2) is 28.6 Å². The van der Waals surface area contributed by atoms with Crippen LogP contribution in [0.2, 0.25) is 5.02 Å². The number of furan rings is 1. The Morgan fingerprint density at radius 1 is 1.19 bits per heavy atom. The van der Waals surface area contributed by atoms with Crippen molar-refractivity contribution in [3.8, 4) is 0 Å². The first-order valence-corrected chi connectivity index (χ1v) is 9.93. The van der Waals surface area contributed by atoms with Crippen molar-refractivity contribution >= 4 is 35.0 Å². The normalized spacial score (nSPS) is 15.5. The number of benzene rings is 1. The summed E-state index contributed by atoms with van der Waals surface area (Å²) in [7, 11) is 0. The van der Waals surface area contributed by atoms with Crippen molar-refractivity contribution in [1.82, 2.24) is 10.2 Å². The van der Waals surface area contributed by atoms with Gasteiger partial charge >= 0.3 is 0 Å². The highest BCUT2D eigenvalue weighted by molar-refractivity contribution is 6.30. The third-order valence-corrected chi connectivity index (χ3v) is 5.27. The van der Waals surface area contributed by atoms with Crippen LogP contribution in [0.5, 0.6) is 0 Å². The molecule has 1 aromatic carbocycles. The van der Waals surface area contributed by atoms with Crippen LogP contribution in [0.1, 0.15) is 43.0 Å². The van der Waals surface area contributed by atoms with Gasteiger partial charge in [-0.3, -0.25) is 9.59 Å². The van der Waals surface area contributed by atoms with Crippen LogP contribution in [0, 0.1) is 0 Å². The van der Waals surface area contributed by atoms with E-state index in [0.717, 1.165) is 25.7 Å². The van der Waals surface area contributed by atoms with E-state index in [9.17, 15) is 9.59 Å². The number of halogens is 2. The van der Waals surface area contributed by atoms with Gasteiger partial charge in [-0.1, -0.05) is 36.6 Å². The second-order valence-corrected chi connectivity index (χ2v) is 7.38. The molecule has 2 aromatic rings. The molecule has 1 aromatic heterocycles. The van der Waals surface area contributed by atoms with Crippen LogP contribution in [0.3, 0.4) is 0 Å². The molecule has 0 saturated heterocycles. The summed E-state index contributed by atoms with van der Waals surface area (Å²) in [6.07, 6.45) is 5.66. The van der Waals surface area contributed by atoms with Gasteiger partial charge in [0.05, 0.1) is 12.8 Å². The van der Waals surface area contributed by atoms with Crippen LogP contribution in [0.25, 0.3) is 0 Å². The summed E-state index contributed by atoms with van der Waals surface area (Å²) in [4.78, 5) is 27.2. The molecule has 144 valence electrons. The van der Waals surface area contributed by atoms with E-state index in [1.54, 1.807) is 36.4 Å². The van der Waals surface area contributed by atoms with Gasteiger partial charge in [0.15, 0.2) is 0 Å². The van der Waals surface area contributed by atoms with E-state index in [4.69, 9.17) is 27.6 Å². The Bertz CT molecular complexity index is 756. The van der Waals surface area contributed by atoms with Gasteiger partial charge in [0, 0.05) is 11.1 Å². The highest BCUT2D eigenvalue weighted by Crippen LogP contribution is 2.27. The van der Waals surface area contributed by atoms with Crippen LogP contribution < -0.4 is 5.32 Å². The molecule has 1 saturated carbocycles. The van der Waals surface area contributed by atoms with Gasteiger partial charge in [0.1, 0.15) is 17.7 Å². The van der Waals surface area contributed by atoms with Crippen molar-refractivity contribution in [3.63, 3.8) is 0 Å². The SMILES string of the molecule is O=C(NC1CCCC1)C(c1ccc(Cl)cc1)N(Cc1ccco1)C(=O)CCl. The summed E-state index contributed by atoms with van der Waals surface area (Å²) in [5, 5.41) is 3.66. The molecule has 1 fully saturated rings. The molecule has 1 heterocycles. The third-order valence-electron chi connectivity index (χ3n) is 4.79. The minimum Gasteiger partial charge on any atom is -0.467 e. The maximum atomic E-state index is 13.2. The summed E-state index contributed by atoms with van der Waals surface area (Å²) < 4.78 is 5.39. The molecular weight excluding hydrogens is 387 g/mol. The molecule has 1 atom stereocenters. The van der Waals surface area contributed by atoms with Gasteiger partial charge in [-0.05, 0) is 42.7 Å². The number of carbonyl (C=O) groups is 2. The van der Waals surface area contributed by atoms with Crippen LogP contribution in [0.15, 0.2) is 47.1 Å². The van der Waals surface area contributed by atoms with Crippen LogP contribution in [0.4, 0.5) is 0 Å². The Kier molecular flexibility index (Phi) is 6.80. The molecular formula is C20H22Cl2N2O3. The Balaban J connectivity index is 1.92. The Morgan fingerprint density at radius 3 is 2.48 bits per heavy atom. The monoisotopic (exact) mass is 408 g/mol. The molecule has 0 aliphatic heterocycles. The molecule has 2 amide bonds. The summed E-state index contributed by atoms with van der Waals surface area (Å²) in [5.41, 5.74) is 0.680. The number of hydrogen-bond acceptors (Lipinski definition) is 3. The van der Waals surface area contributed by atoms with Gasteiger partial charge in [0.25, 0.3) is 0 Å².